The Kier molecular flexibility index (Phi) is 4.77. The normalized spacial score (nSPS) is 10.3. The number of hydrogen-bond acceptors (Lipinski definition) is 3. The fourth-order valence-electron chi connectivity index (χ4n) is 1.71. The van der Waals surface area contributed by atoms with Crippen molar-refractivity contribution >= 4 is 37.5 Å². The maximum absolute atomic E-state index is 11.0. The predicted molar refractivity (Wildman–Crippen MR) is 84.0 cm³/mol. The van der Waals surface area contributed by atoms with Crippen LogP contribution >= 0.6 is 31.9 Å². The lowest BCUT2D eigenvalue weighted by molar-refractivity contribution is -0.385. The van der Waals surface area contributed by atoms with Gasteiger partial charge in [-0.05, 0) is 36.8 Å². The number of ether oxygens (including phenoxy) is 1. The van der Waals surface area contributed by atoms with E-state index in [0.29, 0.717) is 15.8 Å². The summed E-state index contributed by atoms with van der Waals surface area (Å²) in [6.45, 7) is 2.08. The highest BCUT2D eigenvalue weighted by atomic mass is 79.9. The monoisotopic (exact) mass is 399 g/mol. The number of nitro groups is 1. The van der Waals surface area contributed by atoms with E-state index in [-0.39, 0.29) is 12.3 Å². The summed E-state index contributed by atoms with van der Waals surface area (Å²) >= 11 is 6.61. The minimum Gasteiger partial charge on any atom is -0.488 e. The Hall–Kier alpha value is -1.40. The molecule has 0 aliphatic heterocycles. The third-order valence-electron chi connectivity index (χ3n) is 2.78. The molecule has 0 N–H and O–H groups in total. The molecule has 0 bridgehead atoms. The van der Waals surface area contributed by atoms with Gasteiger partial charge in [0.1, 0.15) is 12.4 Å². The summed E-state index contributed by atoms with van der Waals surface area (Å²) in [7, 11) is 0. The molecule has 0 aliphatic carbocycles. The minimum atomic E-state index is -0.406. The predicted octanol–water partition coefficient (Wildman–Crippen LogP) is 5.01. The first-order chi connectivity index (χ1) is 9.47. The van der Waals surface area contributed by atoms with E-state index >= 15 is 0 Å². The van der Waals surface area contributed by atoms with Crippen molar-refractivity contribution in [1.29, 1.82) is 0 Å². The number of rotatable bonds is 4. The van der Waals surface area contributed by atoms with Crippen molar-refractivity contribution in [3.63, 3.8) is 0 Å². The highest BCUT2D eigenvalue weighted by molar-refractivity contribution is 9.10. The van der Waals surface area contributed by atoms with Crippen LogP contribution in [0.25, 0.3) is 0 Å². The lowest BCUT2D eigenvalue weighted by Gasteiger charge is -2.10. The third-order valence-corrected chi connectivity index (χ3v) is 3.76. The van der Waals surface area contributed by atoms with Gasteiger partial charge in [-0.1, -0.05) is 37.9 Å². The quantitative estimate of drug-likeness (QED) is 0.535. The Morgan fingerprint density at radius 3 is 2.50 bits per heavy atom. The molecule has 4 nitrogen and oxygen atoms in total. The SMILES string of the molecule is Cc1ccc(Br)cc1OCc1ccc(Br)cc1[N+](=O)[O-]. The highest BCUT2D eigenvalue weighted by Gasteiger charge is 2.15. The molecule has 2 aromatic rings. The fourth-order valence-corrected chi connectivity index (χ4v) is 2.40. The zero-order valence-corrected chi connectivity index (χ0v) is 13.8. The summed E-state index contributed by atoms with van der Waals surface area (Å²) in [4.78, 5) is 10.6. The van der Waals surface area contributed by atoms with Crippen LogP contribution in [0.3, 0.4) is 0 Å². The molecule has 0 fully saturated rings. The molecule has 2 rings (SSSR count). The van der Waals surface area contributed by atoms with Crippen molar-refractivity contribution < 1.29 is 9.66 Å². The van der Waals surface area contributed by atoms with E-state index in [1.807, 2.05) is 25.1 Å². The zero-order chi connectivity index (χ0) is 14.7. The van der Waals surface area contributed by atoms with Crippen LogP contribution in [0, 0.1) is 17.0 Å². The molecule has 0 aliphatic rings. The Morgan fingerprint density at radius 2 is 1.80 bits per heavy atom. The van der Waals surface area contributed by atoms with E-state index in [2.05, 4.69) is 31.9 Å². The van der Waals surface area contributed by atoms with E-state index in [4.69, 9.17) is 4.74 Å². The molecule has 0 heterocycles. The van der Waals surface area contributed by atoms with Crippen LogP contribution in [0.2, 0.25) is 0 Å². The van der Waals surface area contributed by atoms with Crippen molar-refractivity contribution in [2.45, 2.75) is 13.5 Å². The lowest BCUT2D eigenvalue weighted by Crippen LogP contribution is -2.01. The molecule has 0 saturated carbocycles. The van der Waals surface area contributed by atoms with Gasteiger partial charge in [0.25, 0.3) is 5.69 Å². The van der Waals surface area contributed by atoms with Crippen LogP contribution in [-0.2, 0) is 6.61 Å². The summed E-state index contributed by atoms with van der Waals surface area (Å²) in [6, 6.07) is 10.6. The first kappa shape index (κ1) is 15.0. The smallest absolute Gasteiger partial charge is 0.277 e. The van der Waals surface area contributed by atoms with Gasteiger partial charge in [0.2, 0.25) is 0 Å². The van der Waals surface area contributed by atoms with E-state index in [1.54, 1.807) is 12.1 Å². The molecule has 0 atom stereocenters. The van der Waals surface area contributed by atoms with Gasteiger partial charge in [0, 0.05) is 15.0 Å². The average molecular weight is 401 g/mol. The largest absolute Gasteiger partial charge is 0.488 e. The number of halogens is 2. The van der Waals surface area contributed by atoms with Crippen LogP contribution < -0.4 is 4.74 Å². The molecular weight excluding hydrogens is 390 g/mol. The van der Waals surface area contributed by atoms with Gasteiger partial charge < -0.3 is 4.74 Å². The van der Waals surface area contributed by atoms with Crippen molar-refractivity contribution in [1.82, 2.24) is 0 Å². The van der Waals surface area contributed by atoms with E-state index in [0.717, 1.165) is 10.0 Å². The summed E-state index contributed by atoms with van der Waals surface area (Å²) in [5.41, 5.74) is 1.57. The second kappa shape index (κ2) is 6.37. The molecule has 2 aromatic carbocycles. The van der Waals surface area contributed by atoms with Gasteiger partial charge in [-0.2, -0.15) is 0 Å². The topological polar surface area (TPSA) is 52.4 Å². The van der Waals surface area contributed by atoms with Crippen LogP contribution in [0.5, 0.6) is 5.75 Å². The van der Waals surface area contributed by atoms with Gasteiger partial charge in [-0.25, -0.2) is 0 Å². The number of nitrogens with zero attached hydrogens (tertiary/aromatic N) is 1. The van der Waals surface area contributed by atoms with Crippen molar-refractivity contribution in [3.05, 3.63) is 66.6 Å². The van der Waals surface area contributed by atoms with Crippen LogP contribution in [0.1, 0.15) is 11.1 Å². The van der Waals surface area contributed by atoms with Crippen LogP contribution in [-0.4, -0.2) is 4.92 Å². The molecule has 0 amide bonds. The van der Waals surface area contributed by atoms with Crippen molar-refractivity contribution in [2.75, 3.05) is 0 Å². The van der Waals surface area contributed by atoms with Crippen LogP contribution in [0.15, 0.2) is 45.3 Å². The molecule has 0 aromatic heterocycles. The maximum atomic E-state index is 11.0. The molecular formula is C14H11Br2NO3. The highest BCUT2D eigenvalue weighted by Crippen LogP contribution is 2.27. The summed E-state index contributed by atoms with van der Waals surface area (Å²) in [5, 5.41) is 11.0. The van der Waals surface area contributed by atoms with Gasteiger partial charge in [-0.15, -0.1) is 0 Å². The van der Waals surface area contributed by atoms with E-state index in [9.17, 15) is 10.1 Å². The van der Waals surface area contributed by atoms with Gasteiger partial charge >= 0.3 is 0 Å². The fraction of sp³-hybridized carbons (Fsp3) is 0.143. The second-order valence-electron chi connectivity index (χ2n) is 4.23. The lowest BCUT2D eigenvalue weighted by atomic mass is 10.2. The first-order valence-corrected chi connectivity index (χ1v) is 7.38. The van der Waals surface area contributed by atoms with Crippen molar-refractivity contribution in [2.24, 2.45) is 0 Å². The number of aryl methyl sites for hydroxylation is 1. The number of nitro benzene ring substituents is 1. The Bertz CT molecular complexity index is 659. The molecule has 0 radical (unpaired) electrons. The summed E-state index contributed by atoms with van der Waals surface area (Å²) in [5.74, 6) is 0.705. The first-order valence-electron chi connectivity index (χ1n) is 5.79. The Morgan fingerprint density at radius 1 is 1.15 bits per heavy atom. The standard InChI is InChI=1S/C14H11Br2NO3/c1-9-2-4-12(16)7-14(9)20-8-10-3-5-11(15)6-13(10)17(18)19/h2-7H,8H2,1H3. The minimum absolute atomic E-state index is 0.0482. The average Bonchev–Trinajstić information content (AvgIpc) is 2.40. The van der Waals surface area contributed by atoms with Gasteiger partial charge in [-0.3, -0.25) is 10.1 Å². The molecule has 0 unspecified atom stereocenters. The molecule has 6 heteroatoms. The van der Waals surface area contributed by atoms with E-state index < -0.39 is 4.92 Å². The Labute approximate surface area is 133 Å². The zero-order valence-electron chi connectivity index (χ0n) is 10.6. The molecule has 0 saturated heterocycles. The number of benzene rings is 2. The molecule has 104 valence electrons. The maximum Gasteiger partial charge on any atom is 0.277 e. The van der Waals surface area contributed by atoms with Gasteiger partial charge in [0.15, 0.2) is 0 Å². The Balaban J connectivity index is 2.23. The van der Waals surface area contributed by atoms with Crippen LogP contribution in [0.4, 0.5) is 5.69 Å². The molecule has 20 heavy (non-hydrogen) atoms. The summed E-state index contributed by atoms with van der Waals surface area (Å²) < 4.78 is 7.26. The molecule has 0 spiro atoms. The summed E-state index contributed by atoms with van der Waals surface area (Å²) in [6.07, 6.45) is 0. The second-order valence-corrected chi connectivity index (χ2v) is 6.06. The third kappa shape index (κ3) is 3.58. The number of hydrogen-bond donors (Lipinski definition) is 0. The van der Waals surface area contributed by atoms with E-state index in [1.165, 1.54) is 6.07 Å². The van der Waals surface area contributed by atoms with Gasteiger partial charge in [0.05, 0.1) is 10.5 Å². The van der Waals surface area contributed by atoms with Crippen molar-refractivity contribution in [3.8, 4) is 5.75 Å².